The van der Waals surface area contributed by atoms with Crippen molar-refractivity contribution in [2.24, 2.45) is 0 Å². The molecule has 2 bridgehead atoms. The fourth-order valence-electron chi connectivity index (χ4n) is 3.17. The molecule has 3 heterocycles. The predicted octanol–water partition coefficient (Wildman–Crippen LogP) is 2.38. The number of nitrogens with one attached hydrogen (secondary N) is 1. The summed E-state index contributed by atoms with van der Waals surface area (Å²) in [5.74, 6) is 2.11. The number of rotatable bonds is 1. The second-order valence-electron chi connectivity index (χ2n) is 5.40. The second-order valence-corrected chi connectivity index (χ2v) is 6.32. The third kappa shape index (κ3) is 2.01. The van der Waals surface area contributed by atoms with Gasteiger partial charge in [0.1, 0.15) is 5.82 Å². The van der Waals surface area contributed by atoms with Crippen molar-refractivity contribution in [1.29, 1.82) is 0 Å². The normalized spacial score (nSPS) is 25.1. The van der Waals surface area contributed by atoms with Crippen LogP contribution in [-0.2, 0) is 13.0 Å². The van der Waals surface area contributed by atoms with Crippen LogP contribution in [0.2, 0.25) is 0 Å². The molecular weight excluding hydrogens is 304 g/mol. The van der Waals surface area contributed by atoms with Crippen molar-refractivity contribution in [3.8, 4) is 11.4 Å². The monoisotopic (exact) mass is 318 g/mol. The lowest BCUT2D eigenvalue weighted by Crippen LogP contribution is -2.30. The minimum absolute atomic E-state index is 0.577. The van der Waals surface area contributed by atoms with Crippen LogP contribution in [-0.4, -0.2) is 26.8 Å². The van der Waals surface area contributed by atoms with Crippen molar-refractivity contribution in [2.45, 2.75) is 37.9 Å². The summed E-state index contributed by atoms with van der Waals surface area (Å²) >= 11 is 3.52. The van der Waals surface area contributed by atoms with Gasteiger partial charge in [-0.3, -0.25) is 0 Å². The van der Waals surface area contributed by atoms with Gasteiger partial charge in [-0.2, -0.15) is 0 Å². The third-order valence-electron chi connectivity index (χ3n) is 4.08. The van der Waals surface area contributed by atoms with Crippen molar-refractivity contribution in [3.05, 3.63) is 34.6 Å². The Balaban J connectivity index is 1.79. The molecule has 5 heteroatoms. The first kappa shape index (κ1) is 11.6. The third-order valence-corrected chi connectivity index (χ3v) is 4.57. The number of halogens is 1. The second kappa shape index (κ2) is 4.42. The fraction of sp³-hybridized carbons (Fsp3) is 0.429. The van der Waals surface area contributed by atoms with Gasteiger partial charge in [-0.15, -0.1) is 10.2 Å². The molecular formula is C14H15BrN4. The first-order chi connectivity index (χ1) is 9.29. The topological polar surface area (TPSA) is 42.7 Å². The summed E-state index contributed by atoms with van der Waals surface area (Å²) in [6.45, 7) is 0.987. The lowest BCUT2D eigenvalue weighted by Gasteiger charge is -2.13. The molecule has 0 amide bonds. The van der Waals surface area contributed by atoms with Crippen LogP contribution in [0.25, 0.3) is 11.4 Å². The molecule has 4 rings (SSSR count). The molecule has 19 heavy (non-hydrogen) atoms. The van der Waals surface area contributed by atoms with Crippen molar-refractivity contribution in [2.75, 3.05) is 0 Å². The summed E-state index contributed by atoms with van der Waals surface area (Å²) in [4.78, 5) is 0. The molecule has 1 saturated heterocycles. The molecule has 0 spiro atoms. The van der Waals surface area contributed by atoms with Crippen molar-refractivity contribution in [1.82, 2.24) is 20.1 Å². The molecule has 4 nitrogen and oxygen atoms in total. The number of fused-ring (bicyclic) bond motifs is 3. The standard InChI is InChI=1S/C14H15BrN4/c15-10-3-1-2-9(6-10)14-18-17-13-7-11-4-5-12(16-11)8-19(13)14/h1-3,6,11-12,16H,4-5,7-8H2. The van der Waals surface area contributed by atoms with Gasteiger partial charge in [0, 0.05) is 35.1 Å². The molecule has 2 aliphatic heterocycles. The van der Waals surface area contributed by atoms with E-state index in [2.05, 4.69) is 48.1 Å². The minimum atomic E-state index is 0.577. The quantitative estimate of drug-likeness (QED) is 0.878. The number of benzene rings is 1. The number of hydrogen-bond donors (Lipinski definition) is 1. The predicted molar refractivity (Wildman–Crippen MR) is 76.8 cm³/mol. The lowest BCUT2D eigenvalue weighted by atomic mass is 10.1. The first-order valence-corrected chi connectivity index (χ1v) is 7.53. The zero-order valence-electron chi connectivity index (χ0n) is 10.5. The number of aromatic nitrogens is 3. The first-order valence-electron chi connectivity index (χ1n) is 6.73. The van der Waals surface area contributed by atoms with Crippen molar-refractivity contribution >= 4 is 15.9 Å². The lowest BCUT2D eigenvalue weighted by molar-refractivity contribution is 0.510. The van der Waals surface area contributed by atoms with Crippen LogP contribution in [0.4, 0.5) is 0 Å². The fourth-order valence-corrected chi connectivity index (χ4v) is 3.57. The summed E-state index contributed by atoms with van der Waals surface area (Å²) in [5.41, 5.74) is 1.13. The van der Waals surface area contributed by atoms with Gasteiger partial charge in [0.2, 0.25) is 0 Å². The van der Waals surface area contributed by atoms with E-state index in [4.69, 9.17) is 0 Å². The van der Waals surface area contributed by atoms with Crippen molar-refractivity contribution in [3.63, 3.8) is 0 Å². The summed E-state index contributed by atoms with van der Waals surface area (Å²) < 4.78 is 3.37. The van der Waals surface area contributed by atoms with Crippen LogP contribution in [0.5, 0.6) is 0 Å². The maximum atomic E-state index is 4.41. The van der Waals surface area contributed by atoms with Crippen LogP contribution in [0.3, 0.4) is 0 Å². The molecule has 0 radical (unpaired) electrons. The molecule has 98 valence electrons. The Morgan fingerprint density at radius 1 is 1.21 bits per heavy atom. The van der Waals surface area contributed by atoms with Crippen LogP contribution < -0.4 is 5.32 Å². The van der Waals surface area contributed by atoms with E-state index < -0.39 is 0 Å². The highest BCUT2D eigenvalue weighted by molar-refractivity contribution is 9.10. The summed E-state index contributed by atoms with van der Waals surface area (Å²) in [6, 6.07) is 9.44. The van der Waals surface area contributed by atoms with Gasteiger partial charge >= 0.3 is 0 Å². The van der Waals surface area contributed by atoms with Crippen molar-refractivity contribution < 1.29 is 0 Å². The van der Waals surface area contributed by atoms with Gasteiger partial charge in [-0.25, -0.2) is 0 Å². The molecule has 2 aliphatic rings. The minimum Gasteiger partial charge on any atom is -0.309 e. The molecule has 0 aliphatic carbocycles. The van der Waals surface area contributed by atoms with Crippen LogP contribution in [0, 0.1) is 0 Å². The molecule has 0 saturated carbocycles. The van der Waals surface area contributed by atoms with Crippen LogP contribution in [0.1, 0.15) is 18.7 Å². The molecule has 1 aromatic heterocycles. The van der Waals surface area contributed by atoms with Gasteiger partial charge in [0.15, 0.2) is 5.82 Å². The van der Waals surface area contributed by atoms with Gasteiger partial charge < -0.3 is 9.88 Å². The van der Waals surface area contributed by atoms with E-state index in [1.165, 1.54) is 12.8 Å². The maximum Gasteiger partial charge on any atom is 0.164 e. The molecule has 2 unspecified atom stereocenters. The maximum absolute atomic E-state index is 4.41. The van der Waals surface area contributed by atoms with E-state index in [0.29, 0.717) is 12.1 Å². The average Bonchev–Trinajstić information content (AvgIpc) is 2.93. The highest BCUT2D eigenvalue weighted by Crippen LogP contribution is 2.27. The van der Waals surface area contributed by atoms with Gasteiger partial charge in [0.05, 0.1) is 0 Å². The highest BCUT2D eigenvalue weighted by atomic mass is 79.9. The van der Waals surface area contributed by atoms with Crippen LogP contribution in [0.15, 0.2) is 28.7 Å². The number of hydrogen-bond acceptors (Lipinski definition) is 3. The van der Waals surface area contributed by atoms with E-state index in [1.54, 1.807) is 0 Å². The van der Waals surface area contributed by atoms with E-state index in [9.17, 15) is 0 Å². The Morgan fingerprint density at radius 3 is 3.00 bits per heavy atom. The molecule has 1 aromatic carbocycles. The molecule has 1 N–H and O–H groups in total. The Morgan fingerprint density at radius 2 is 2.11 bits per heavy atom. The van der Waals surface area contributed by atoms with Gasteiger partial charge in [-0.05, 0) is 25.0 Å². The highest BCUT2D eigenvalue weighted by Gasteiger charge is 2.31. The molecule has 2 aromatic rings. The molecule has 1 fully saturated rings. The zero-order valence-corrected chi connectivity index (χ0v) is 12.1. The number of nitrogens with zero attached hydrogens (tertiary/aromatic N) is 3. The van der Waals surface area contributed by atoms with Gasteiger partial charge in [0.25, 0.3) is 0 Å². The van der Waals surface area contributed by atoms with E-state index >= 15 is 0 Å². The van der Waals surface area contributed by atoms with Crippen LogP contribution >= 0.6 is 15.9 Å². The van der Waals surface area contributed by atoms with Gasteiger partial charge in [-0.1, -0.05) is 28.1 Å². The largest absolute Gasteiger partial charge is 0.309 e. The average molecular weight is 319 g/mol. The summed E-state index contributed by atoms with van der Waals surface area (Å²) in [7, 11) is 0. The zero-order chi connectivity index (χ0) is 12.8. The Bertz CT molecular complexity index is 622. The Labute approximate surface area is 120 Å². The summed E-state index contributed by atoms with van der Waals surface area (Å²) in [5, 5.41) is 12.5. The Hall–Kier alpha value is -1.20. The molecule has 2 atom stereocenters. The SMILES string of the molecule is Brc1cccc(-c2nnc3n2CC2CCC(C3)N2)c1. The summed E-state index contributed by atoms with van der Waals surface area (Å²) in [6.07, 6.45) is 3.53. The van der Waals surface area contributed by atoms with E-state index in [0.717, 1.165) is 34.7 Å². The smallest absolute Gasteiger partial charge is 0.164 e. The van der Waals surface area contributed by atoms with E-state index in [1.807, 2.05) is 12.1 Å². The van der Waals surface area contributed by atoms with E-state index in [-0.39, 0.29) is 0 Å². The Kier molecular flexibility index (Phi) is 2.70.